The lowest BCUT2D eigenvalue weighted by Crippen LogP contribution is -2.36. The summed E-state index contributed by atoms with van der Waals surface area (Å²) in [6, 6.07) is 0. The Labute approximate surface area is 98.9 Å². The first kappa shape index (κ1) is 11.6. The fourth-order valence-corrected chi connectivity index (χ4v) is 1.97. The number of esters is 1. The second kappa shape index (κ2) is 4.57. The average Bonchev–Trinajstić information content (AvgIpc) is 2.69. The number of nitrogens with zero attached hydrogens (tertiary/aromatic N) is 2. The van der Waals surface area contributed by atoms with Gasteiger partial charge in [-0.25, -0.2) is 4.79 Å². The summed E-state index contributed by atoms with van der Waals surface area (Å²) >= 11 is 0. The molecule has 0 saturated heterocycles. The van der Waals surface area contributed by atoms with Crippen LogP contribution < -0.4 is 5.32 Å². The molecule has 0 aliphatic carbocycles. The molecule has 1 aromatic rings. The minimum absolute atomic E-state index is 0.170. The van der Waals surface area contributed by atoms with Gasteiger partial charge in [-0.2, -0.15) is 5.10 Å². The third-order valence-electron chi connectivity index (χ3n) is 2.70. The second-order valence-electron chi connectivity index (χ2n) is 3.73. The van der Waals surface area contributed by atoms with Crippen molar-refractivity contribution in [2.24, 2.45) is 0 Å². The van der Waals surface area contributed by atoms with E-state index in [1.165, 1.54) is 0 Å². The van der Waals surface area contributed by atoms with Gasteiger partial charge in [0.1, 0.15) is 5.69 Å². The first-order valence-corrected chi connectivity index (χ1v) is 5.74. The van der Waals surface area contributed by atoms with E-state index in [-0.39, 0.29) is 11.6 Å². The Morgan fingerprint density at radius 1 is 1.53 bits per heavy atom. The van der Waals surface area contributed by atoms with Gasteiger partial charge in [-0.1, -0.05) is 6.92 Å². The molecule has 17 heavy (non-hydrogen) atoms. The number of carbonyl (C=O) groups excluding carboxylic acids is 2. The predicted molar refractivity (Wildman–Crippen MR) is 59.9 cm³/mol. The van der Waals surface area contributed by atoms with Gasteiger partial charge in [0.2, 0.25) is 0 Å². The molecule has 0 atom stereocenters. The highest BCUT2D eigenvalue weighted by Crippen LogP contribution is 2.18. The highest BCUT2D eigenvalue weighted by Gasteiger charge is 2.28. The normalized spacial score (nSPS) is 14.1. The van der Waals surface area contributed by atoms with Crippen molar-refractivity contribution in [3.63, 3.8) is 0 Å². The van der Waals surface area contributed by atoms with Crippen molar-refractivity contribution < 1.29 is 14.3 Å². The second-order valence-corrected chi connectivity index (χ2v) is 3.73. The van der Waals surface area contributed by atoms with E-state index < -0.39 is 5.97 Å². The summed E-state index contributed by atoms with van der Waals surface area (Å²) in [7, 11) is 0. The van der Waals surface area contributed by atoms with Crippen molar-refractivity contribution in [3.05, 3.63) is 17.0 Å². The lowest BCUT2D eigenvalue weighted by molar-refractivity contribution is 0.0517. The van der Waals surface area contributed by atoms with Gasteiger partial charge in [0.05, 0.1) is 13.2 Å². The van der Waals surface area contributed by atoms with Crippen LogP contribution in [-0.2, 0) is 17.7 Å². The Hall–Kier alpha value is -1.85. The fraction of sp³-hybridized carbons (Fsp3) is 0.545. The number of carbonyl (C=O) groups is 2. The monoisotopic (exact) mass is 237 g/mol. The third kappa shape index (κ3) is 1.90. The standard InChI is InChI=1S/C11H15N3O3/c1-3-7-8(11(16)17-4-2)13-14-6-5-12-10(15)9(7)14/h3-6H2,1-2H3,(H,12,15). The average molecular weight is 237 g/mol. The summed E-state index contributed by atoms with van der Waals surface area (Å²) in [5.41, 5.74) is 1.42. The molecule has 1 aromatic heterocycles. The predicted octanol–water partition coefficient (Wildman–Crippen LogP) is 0.366. The maximum atomic E-state index is 11.7. The number of hydrogen-bond acceptors (Lipinski definition) is 4. The maximum Gasteiger partial charge on any atom is 0.359 e. The zero-order valence-corrected chi connectivity index (χ0v) is 9.95. The van der Waals surface area contributed by atoms with Crippen LogP contribution in [0.25, 0.3) is 0 Å². The quantitative estimate of drug-likeness (QED) is 0.771. The lowest BCUT2D eigenvalue weighted by Gasteiger charge is -2.14. The van der Waals surface area contributed by atoms with Crippen molar-refractivity contribution in [2.45, 2.75) is 26.8 Å². The van der Waals surface area contributed by atoms with Crippen molar-refractivity contribution in [2.75, 3.05) is 13.2 Å². The molecular weight excluding hydrogens is 222 g/mol. The van der Waals surface area contributed by atoms with Crippen LogP contribution in [0, 0.1) is 0 Å². The highest BCUT2D eigenvalue weighted by molar-refractivity contribution is 5.99. The van der Waals surface area contributed by atoms with Gasteiger partial charge in [-0.05, 0) is 13.3 Å². The Bertz CT molecular complexity index is 465. The third-order valence-corrected chi connectivity index (χ3v) is 2.70. The molecule has 92 valence electrons. The summed E-state index contributed by atoms with van der Waals surface area (Å²) in [6.45, 7) is 5.07. The highest BCUT2D eigenvalue weighted by atomic mass is 16.5. The molecule has 0 saturated carbocycles. The molecular formula is C11H15N3O3. The van der Waals surface area contributed by atoms with Crippen LogP contribution in [0.4, 0.5) is 0 Å². The SMILES string of the molecule is CCOC(=O)c1nn2c(c1CC)C(=O)NCC2. The van der Waals surface area contributed by atoms with Gasteiger partial charge in [-0.3, -0.25) is 9.48 Å². The summed E-state index contributed by atoms with van der Waals surface area (Å²) in [5.74, 6) is -0.629. The number of aromatic nitrogens is 2. The van der Waals surface area contributed by atoms with Gasteiger partial charge < -0.3 is 10.1 Å². The molecule has 0 bridgehead atoms. The number of fused-ring (bicyclic) bond motifs is 1. The van der Waals surface area contributed by atoms with Gasteiger partial charge in [0.15, 0.2) is 5.69 Å². The smallest absolute Gasteiger partial charge is 0.359 e. The first-order chi connectivity index (χ1) is 8.19. The molecule has 6 nitrogen and oxygen atoms in total. The number of amides is 1. The minimum Gasteiger partial charge on any atom is -0.461 e. The van der Waals surface area contributed by atoms with Crippen LogP contribution in [0.2, 0.25) is 0 Å². The molecule has 1 amide bonds. The van der Waals surface area contributed by atoms with Crippen LogP contribution >= 0.6 is 0 Å². The molecule has 1 N–H and O–H groups in total. The Morgan fingerprint density at radius 2 is 2.29 bits per heavy atom. The topological polar surface area (TPSA) is 73.2 Å². The van der Waals surface area contributed by atoms with Crippen LogP contribution in [0.5, 0.6) is 0 Å². The van der Waals surface area contributed by atoms with Crippen molar-refractivity contribution >= 4 is 11.9 Å². The number of hydrogen-bond donors (Lipinski definition) is 1. The van der Waals surface area contributed by atoms with Gasteiger partial charge >= 0.3 is 5.97 Å². The minimum atomic E-state index is -0.459. The van der Waals surface area contributed by atoms with Crippen LogP contribution in [0.1, 0.15) is 40.4 Å². The molecule has 1 aliphatic heterocycles. The molecule has 1 aliphatic rings. The van der Waals surface area contributed by atoms with Crippen molar-refractivity contribution in [1.82, 2.24) is 15.1 Å². The van der Waals surface area contributed by atoms with Crippen LogP contribution in [0.15, 0.2) is 0 Å². The first-order valence-electron chi connectivity index (χ1n) is 5.74. The molecule has 0 spiro atoms. The molecule has 0 aromatic carbocycles. The molecule has 2 heterocycles. The number of ether oxygens (including phenoxy) is 1. The molecule has 0 radical (unpaired) electrons. The molecule has 6 heteroatoms. The van der Waals surface area contributed by atoms with Gasteiger partial charge in [0.25, 0.3) is 5.91 Å². The molecule has 2 rings (SSSR count). The van der Waals surface area contributed by atoms with Crippen molar-refractivity contribution in [3.8, 4) is 0 Å². The summed E-state index contributed by atoms with van der Waals surface area (Å²) < 4.78 is 6.52. The van der Waals surface area contributed by atoms with E-state index in [2.05, 4.69) is 10.4 Å². The zero-order chi connectivity index (χ0) is 12.4. The Kier molecular flexibility index (Phi) is 3.12. The maximum absolute atomic E-state index is 11.7. The molecule has 0 unspecified atom stereocenters. The van der Waals surface area contributed by atoms with E-state index in [1.54, 1.807) is 11.6 Å². The summed E-state index contributed by atoms with van der Waals surface area (Å²) in [5, 5.41) is 6.92. The van der Waals surface area contributed by atoms with E-state index in [0.29, 0.717) is 37.4 Å². The fourth-order valence-electron chi connectivity index (χ4n) is 1.97. The van der Waals surface area contributed by atoms with E-state index in [0.717, 1.165) is 0 Å². The lowest BCUT2D eigenvalue weighted by atomic mass is 10.1. The zero-order valence-electron chi connectivity index (χ0n) is 9.95. The Morgan fingerprint density at radius 3 is 2.94 bits per heavy atom. The van der Waals surface area contributed by atoms with Crippen LogP contribution in [0.3, 0.4) is 0 Å². The largest absolute Gasteiger partial charge is 0.461 e. The van der Waals surface area contributed by atoms with E-state index in [9.17, 15) is 9.59 Å². The van der Waals surface area contributed by atoms with Crippen LogP contribution in [-0.4, -0.2) is 34.8 Å². The van der Waals surface area contributed by atoms with E-state index >= 15 is 0 Å². The van der Waals surface area contributed by atoms with Crippen molar-refractivity contribution in [1.29, 1.82) is 0 Å². The number of nitrogens with one attached hydrogen (secondary N) is 1. The molecule has 0 fully saturated rings. The summed E-state index contributed by atoms with van der Waals surface area (Å²) in [4.78, 5) is 23.5. The van der Waals surface area contributed by atoms with E-state index in [4.69, 9.17) is 4.74 Å². The van der Waals surface area contributed by atoms with Gasteiger partial charge in [0, 0.05) is 12.1 Å². The number of rotatable bonds is 3. The Balaban J connectivity index is 2.47. The summed E-state index contributed by atoms with van der Waals surface area (Å²) in [6.07, 6.45) is 0.580. The van der Waals surface area contributed by atoms with Gasteiger partial charge in [-0.15, -0.1) is 0 Å². The van der Waals surface area contributed by atoms with E-state index in [1.807, 2.05) is 6.92 Å².